The maximum Gasteiger partial charge on any atom is 0.0897 e. The molecule has 0 radical (unpaired) electrons. The van der Waals surface area contributed by atoms with Gasteiger partial charge < -0.3 is 19.9 Å². The fraction of sp³-hybridized carbons (Fsp3) is 1.00. The van der Waals surface area contributed by atoms with Crippen LogP contribution in [0.15, 0.2) is 0 Å². The van der Waals surface area contributed by atoms with E-state index >= 15 is 0 Å². The molecule has 1 atom stereocenters. The molecule has 4 nitrogen and oxygen atoms in total. The number of ether oxygens (including phenoxy) is 2. The van der Waals surface area contributed by atoms with Crippen LogP contribution in [0.4, 0.5) is 0 Å². The third-order valence-electron chi connectivity index (χ3n) is 3.72. The molecule has 0 spiro atoms. The Morgan fingerprint density at radius 1 is 1.29 bits per heavy atom. The number of methoxy groups -OCH3 is 1. The first-order chi connectivity index (χ1) is 8.10. The highest BCUT2D eigenvalue weighted by atomic mass is 16.5. The second-order valence-electron chi connectivity index (χ2n) is 5.37. The Hall–Kier alpha value is -0.160. The van der Waals surface area contributed by atoms with Gasteiger partial charge in [-0.2, -0.15) is 0 Å². The van der Waals surface area contributed by atoms with Crippen molar-refractivity contribution in [3.05, 3.63) is 0 Å². The first-order valence-corrected chi connectivity index (χ1v) is 6.56. The average molecular weight is 245 g/mol. The smallest absolute Gasteiger partial charge is 0.0897 e. The summed E-state index contributed by atoms with van der Waals surface area (Å²) in [5.41, 5.74) is 0.497. The van der Waals surface area contributed by atoms with E-state index in [1.807, 2.05) is 0 Å². The van der Waals surface area contributed by atoms with Crippen LogP contribution >= 0.6 is 0 Å². The van der Waals surface area contributed by atoms with Gasteiger partial charge in [-0.15, -0.1) is 0 Å². The highest BCUT2D eigenvalue weighted by molar-refractivity contribution is 4.97. The van der Waals surface area contributed by atoms with E-state index in [-0.39, 0.29) is 0 Å². The van der Waals surface area contributed by atoms with Gasteiger partial charge >= 0.3 is 0 Å². The Labute approximate surface area is 105 Å². The van der Waals surface area contributed by atoms with Crippen molar-refractivity contribution in [1.82, 2.24) is 5.32 Å². The largest absolute Gasteiger partial charge is 0.389 e. The van der Waals surface area contributed by atoms with Crippen molar-refractivity contribution < 1.29 is 14.6 Å². The Bertz CT molecular complexity index is 205. The molecule has 0 aromatic carbocycles. The van der Waals surface area contributed by atoms with Crippen LogP contribution in [0.3, 0.4) is 0 Å². The number of hydrogen-bond donors (Lipinski definition) is 2. The lowest BCUT2D eigenvalue weighted by molar-refractivity contribution is 0.0133. The summed E-state index contributed by atoms with van der Waals surface area (Å²) in [5.74, 6) is 0.727. The molecule has 0 saturated heterocycles. The summed E-state index contributed by atoms with van der Waals surface area (Å²) in [6.07, 6.45) is 2.21. The number of hydrogen-bond acceptors (Lipinski definition) is 4. The number of rotatable bonds is 10. The molecule has 4 heteroatoms. The van der Waals surface area contributed by atoms with Gasteiger partial charge in [-0.25, -0.2) is 0 Å². The third-order valence-corrected chi connectivity index (χ3v) is 3.72. The molecule has 0 aromatic heterocycles. The zero-order chi connectivity index (χ0) is 12.7. The van der Waals surface area contributed by atoms with Gasteiger partial charge in [0.15, 0.2) is 0 Å². The summed E-state index contributed by atoms with van der Waals surface area (Å²) in [4.78, 5) is 0. The van der Waals surface area contributed by atoms with Gasteiger partial charge in [0, 0.05) is 20.2 Å². The van der Waals surface area contributed by atoms with Gasteiger partial charge in [0.2, 0.25) is 0 Å². The Kier molecular flexibility index (Phi) is 6.41. The summed E-state index contributed by atoms with van der Waals surface area (Å²) in [6.45, 7) is 7.68. The SMILES string of the molecule is COCCOCC(O)CNCC1(C(C)C)CC1. The van der Waals surface area contributed by atoms with Crippen molar-refractivity contribution in [2.24, 2.45) is 11.3 Å². The van der Waals surface area contributed by atoms with Crippen LogP contribution in [-0.2, 0) is 9.47 Å². The molecule has 0 bridgehead atoms. The molecule has 0 amide bonds. The number of aliphatic hydroxyl groups excluding tert-OH is 1. The van der Waals surface area contributed by atoms with E-state index < -0.39 is 6.10 Å². The number of nitrogens with one attached hydrogen (secondary N) is 1. The van der Waals surface area contributed by atoms with Crippen LogP contribution in [0.25, 0.3) is 0 Å². The van der Waals surface area contributed by atoms with Crippen LogP contribution in [0.5, 0.6) is 0 Å². The Morgan fingerprint density at radius 3 is 2.53 bits per heavy atom. The second kappa shape index (κ2) is 7.31. The normalized spacial score (nSPS) is 19.6. The summed E-state index contributed by atoms with van der Waals surface area (Å²) >= 11 is 0. The van der Waals surface area contributed by atoms with Gasteiger partial charge in [-0.1, -0.05) is 13.8 Å². The average Bonchev–Trinajstić information content (AvgIpc) is 3.06. The van der Waals surface area contributed by atoms with E-state index in [0.717, 1.165) is 12.5 Å². The molecule has 17 heavy (non-hydrogen) atoms. The molecule has 1 fully saturated rings. The summed E-state index contributed by atoms with van der Waals surface area (Å²) in [5, 5.41) is 13.0. The van der Waals surface area contributed by atoms with Crippen molar-refractivity contribution in [1.29, 1.82) is 0 Å². The van der Waals surface area contributed by atoms with Gasteiger partial charge in [0.1, 0.15) is 0 Å². The van der Waals surface area contributed by atoms with Crippen LogP contribution in [0.2, 0.25) is 0 Å². The van der Waals surface area contributed by atoms with Crippen LogP contribution in [-0.4, -0.2) is 51.2 Å². The summed E-state index contributed by atoms with van der Waals surface area (Å²) in [6, 6.07) is 0. The standard InChI is InChI=1S/C13H27NO3/c1-11(2)13(4-5-13)10-14-8-12(15)9-17-7-6-16-3/h11-12,14-15H,4-10H2,1-3H3. The maximum atomic E-state index is 9.68. The minimum atomic E-state index is -0.421. The van der Waals surface area contributed by atoms with E-state index in [0.29, 0.717) is 31.8 Å². The molecule has 1 unspecified atom stereocenters. The third kappa shape index (κ3) is 5.34. The fourth-order valence-electron chi connectivity index (χ4n) is 2.03. The minimum Gasteiger partial charge on any atom is -0.389 e. The first-order valence-electron chi connectivity index (χ1n) is 6.56. The first kappa shape index (κ1) is 14.9. The lowest BCUT2D eigenvalue weighted by Crippen LogP contribution is -2.35. The summed E-state index contributed by atoms with van der Waals surface area (Å²) < 4.78 is 10.1. The van der Waals surface area contributed by atoms with Crippen molar-refractivity contribution in [3.8, 4) is 0 Å². The molecule has 0 heterocycles. The number of aliphatic hydroxyl groups is 1. The highest BCUT2D eigenvalue weighted by Gasteiger charge is 2.44. The predicted octanol–water partition coefficient (Wildman–Crippen LogP) is 1.04. The molecule has 0 aliphatic heterocycles. The molecule has 1 rings (SSSR count). The highest BCUT2D eigenvalue weighted by Crippen LogP contribution is 2.51. The van der Waals surface area contributed by atoms with Gasteiger partial charge in [-0.3, -0.25) is 0 Å². The van der Waals surface area contributed by atoms with E-state index in [1.54, 1.807) is 7.11 Å². The van der Waals surface area contributed by atoms with Crippen LogP contribution < -0.4 is 5.32 Å². The molecular weight excluding hydrogens is 218 g/mol. The molecule has 102 valence electrons. The lowest BCUT2D eigenvalue weighted by Gasteiger charge is -2.21. The summed E-state index contributed by atoms with van der Waals surface area (Å²) in [7, 11) is 1.64. The quantitative estimate of drug-likeness (QED) is 0.565. The Balaban J connectivity index is 1.99. The van der Waals surface area contributed by atoms with Crippen molar-refractivity contribution >= 4 is 0 Å². The monoisotopic (exact) mass is 245 g/mol. The molecule has 0 aromatic rings. The maximum absolute atomic E-state index is 9.68. The molecule has 1 aliphatic carbocycles. The van der Waals surface area contributed by atoms with Crippen LogP contribution in [0, 0.1) is 11.3 Å². The Morgan fingerprint density at radius 2 is 2.00 bits per heavy atom. The second-order valence-corrected chi connectivity index (χ2v) is 5.37. The van der Waals surface area contributed by atoms with E-state index in [9.17, 15) is 5.11 Å². The van der Waals surface area contributed by atoms with Gasteiger partial charge in [-0.05, 0) is 24.2 Å². The molecule has 1 aliphatic rings. The van der Waals surface area contributed by atoms with Gasteiger partial charge in [0.25, 0.3) is 0 Å². The molecule has 1 saturated carbocycles. The lowest BCUT2D eigenvalue weighted by atomic mass is 9.92. The minimum absolute atomic E-state index is 0.380. The molecular formula is C13H27NO3. The van der Waals surface area contributed by atoms with E-state index in [1.165, 1.54) is 12.8 Å². The molecule has 2 N–H and O–H groups in total. The fourth-order valence-corrected chi connectivity index (χ4v) is 2.03. The predicted molar refractivity (Wildman–Crippen MR) is 68.1 cm³/mol. The van der Waals surface area contributed by atoms with E-state index in [4.69, 9.17) is 9.47 Å². The zero-order valence-corrected chi connectivity index (χ0v) is 11.4. The van der Waals surface area contributed by atoms with Crippen molar-refractivity contribution in [3.63, 3.8) is 0 Å². The van der Waals surface area contributed by atoms with Crippen molar-refractivity contribution in [2.75, 3.05) is 40.0 Å². The van der Waals surface area contributed by atoms with Crippen LogP contribution in [0.1, 0.15) is 26.7 Å². The van der Waals surface area contributed by atoms with Crippen molar-refractivity contribution in [2.45, 2.75) is 32.8 Å². The topological polar surface area (TPSA) is 50.7 Å². The van der Waals surface area contributed by atoms with E-state index in [2.05, 4.69) is 19.2 Å². The van der Waals surface area contributed by atoms with Gasteiger partial charge in [0.05, 0.1) is 25.9 Å². The zero-order valence-electron chi connectivity index (χ0n) is 11.4.